The average Bonchev–Trinajstić information content (AvgIpc) is 2.35. The topological polar surface area (TPSA) is 58.6 Å². The molecule has 5 heteroatoms. The molecule has 18 heavy (non-hydrogen) atoms. The van der Waals surface area contributed by atoms with Crippen LogP contribution in [-0.4, -0.2) is 30.8 Å². The van der Waals surface area contributed by atoms with Crippen LogP contribution >= 0.6 is 15.9 Å². The molecule has 0 aliphatic rings. The SMILES string of the molecule is COc1ccc(Br)c(C(=O)N[C@H](CO)C(C)C)c1. The molecule has 0 saturated carbocycles. The largest absolute Gasteiger partial charge is 0.497 e. The summed E-state index contributed by atoms with van der Waals surface area (Å²) in [5.41, 5.74) is 0.494. The van der Waals surface area contributed by atoms with E-state index in [1.54, 1.807) is 25.3 Å². The lowest BCUT2D eigenvalue weighted by Crippen LogP contribution is -2.41. The molecule has 0 unspecified atom stereocenters. The van der Waals surface area contributed by atoms with Crippen molar-refractivity contribution in [2.45, 2.75) is 19.9 Å². The van der Waals surface area contributed by atoms with Gasteiger partial charge in [0.1, 0.15) is 5.75 Å². The Kier molecular flexibility index (Phi) is 5.62. The van der Waals surface area contributed by atoms with Gasteiger partial charge in [-0.05, 0) is 40.0 Å². The Morgan fingerprint density at radius 1 is 1.50 bits per heavy atom. The molecule has 0 aliphatic carbocycles. The number of benzene rings is 1. The zero-order valence-corrected chi connectivity index (χ0v) is 12.3. The second-order valence-corrected chi connectivity index (χ2v) is 5.21. The van der Waals surface area contributed by atoms with Crippen molar-refractivity contribution in [1.29, 1.82) is 0 Å². The zero-order valence-electron chi connectivity index (χ0n) is 10.7. The number of rotatable bonds is 5. The Balaban J connectivity index is 2.89. The molecule has 0 saturated heterocycles. The molecule has 0 heterocycles. The molecule has 4 nitrogen and oxygen atoms in total. The fraction of sp³-hybridized carbons (Fsp3) is 0.462. The summed E-state index contributed by atoms with van der Waals surface area (Å²) >= 11 is 3.33. The average molecular weight is 316 g/mol. The minimum absolute atomic E-state index is 0.0784. The van der Waals surface area contributed by atoms with Crippen LogP contribution < -0.4 is 10.1 Å². The molecule has 2 N–H and O–H groups in total. The highest BCUT2D eigenvalue weighted by molar-refractivity contribution is 9.10. The highest BCUT2D eigenvalue weighted by Crippen LogP contribution is 2.22. The Morgan fingerprint density at radius 3 is 2.67 bits per heavy atom. The maximum Gasteiger partial charge on any atom is 0.252 e. The predicted molar refractivity (Wildman–Crippen MR) is 73.9 cm³/mol. The van der Waals surface area contributed by atoms with Crippen LogP contribution in [-0.2, 0) is 0 Å². The van der Waals surface area contributed by atoms with E-state index in [4.69, 9.17) is 4.74 Å². The van der Waals surface area contributed by atoms with Crippen molar-refractivity contribution in [3.63, 3.8) is 0 Å². The van der Waals surface area contributed by atoms with Crippen LogP contribution in [0.2, 0.25) is 0 Å². The molecule has 0 radical (unpaired) electrons. The van der Waals surface area contributed by atoms with Crippen molar-refractivity contribution < 1.29 is 14.6 Å². The number of aliphatic hydroxyl groups is 1. The Labute approximate surface area is 115 Å². The minimum Gasteiger partial charge on any atom is -0.497 e. The van der Waals surface area contributed by atoms with Crippen LogP contribution in [0.5, 0.6) is 5.75 Å². The van der Waals surface area contributed by atoms with E-state index in [0.29, 0.717) is 15.8 Å². The molecule has 0 aromatic heterocycles. The highest BCUT2D eigenvalue weighted by atomic mass is 79.9. The van der Waals surface area contributed by atoms with Crippen LogP contribution in [0.3, 0.4) is 0 Å². The molecular formula is C13H18BrNO3. The predicted octanol–water partition coefficient (Wildman–Crippen LogP) is 2.20. The normalized spacial score (nSPS) is 12.3. The maximum absolute atomic E-state index is 12.1. The van der Waals surface area contributed by atoms with Crippen molar-refractivity contribution in [1.82, 2.24) is 5.32 Å². The smallest absolute Gasteiger partial charge is 0.252 e. The summed E-state index contributed by atoms with van der Waals surface area (Å²) in [6, 6.07) is 4.94. The van der Waals surface area contributed by atoms with Gasteiger partial charge in [0.25, 0.3) is 5.91 Å². The number of methoxy groups -OCH3 is 1. The van der Waals surface area contributed by atoms with Gasteiger partial charge in [0.05, 0.1) is 25.3 Å². The van der Waals surface area contributed by atoms with Gasteiger partial charge in [-0.1, -0.05) is 13.8 Å². The van der Waals surface area contributed by atoms with Gasteiger partial charge in [-0.3, -0.25) is 4.79 Å². The van der Waals surface area contributed by atoms with Gasteiger partial charge in [-0.25, -0.2) is 0 Å². The zero-order chi connectivity index (χ0) is 13.7. The third kappa shape index (κ3) is 3.71. The van der Waals surface area contributed by atoms with Gasteiger partial charge in [0.2, 0.25) is 0 Å². The highest BCUT2D eigenvalue weighted by Gasteiger charge is 2.18. The minimum atomic E-state index is -0.254. The van der Waals surface area contributed by atoms with E-state index < -0.39 is 0 Å². The van der Waals surface area contributed by atoms with E-state index in [-0.39, 0.29) is 24.5 Å². The molecule has 1 amide bonds. The van der Waals surface area contributed by atoms with Crippen LogP contribution in [0, 0.1) is 5.92 Å². The maximum atomic E-state index is 12.1. The van der Waals surface area contributed by atoms with Crippen LogP contribution in [0.4, 0.5) is 0 Å². The van der Waals surface area contributed by atoms with Crippen LogP contribution in [0.15, 0.2) is 22.7 Å². The lowest BCUT2D eigenvalue weighted by molar-refractivity contribution is 0.0895. The molecule has 0 bridgehead atoms. The van der Waals surface area contributed by atoms with Gasteiger partial charge in [0.15, 0.2) is 0 Å². The van der Waals surface area contributed by atoms with Gasteiger partial charge >= 0.3 is 0 Å². The fourth-order valence-electron chi connectivity index (χ4n) is 1.47. The molecule has 0 spiro atoms. The summed E-state index contributed by atoms with van der Waals surface area (Å²) in [6.45, 7) is 3.81. The van der Waals surface area contributed by atoms with E-state index in [1.807, 2.05) is 13.8 Å². The van der Waals surface area contributed by atoms with E-state index in [0.717, 1.165) is 0 Å². The Hall–Kier alpha value is -1.07. The molecule has 1 aromatic carbocycles. The summed E-state index contributed by atoms with van der Waals surface area (Å²) in [7, 11) is 1.55. The van der Waals surface area contributed by atoms with Crippen molar-refractivity contribution in [3.05, 3.63) is 28.2 Å². The van der Waals surface area contributed by atoms with E-state index in [1.165, 1.54) is 0 Å². The summed E-state index contributed by atoms with van der Waals surface area (Å²) in [4.78, 5) is 12.1. The number of amides is 1. The number of carbonyl (C=O) groups excluding carboxylic acids is 1. The summed E-state index contributed by atoms with van der Waals surface area (Å²) < 4.78 is 5.78. The first-order valence-corrected chi connectivity index (χ1v) is 6.54. The van der Waals surface area contributed by atoms with Crippen molar-refractivity contribution in [2.75, 3.05) is 13.7 Å². The molecule has 0 aliphatic heterocycles. The number of hydrogen-bond donors (Lipinski definition) is 2. The number of halogens is 1. The van der Waals surface area contributed by atoms with Gasteiger partial charge in [-0.2, -0.15) is 0 Å². The number of nitrogens with one attached hydrogen (secondary N) is 1. The number of carbonyl (C=O) groups is 1. The van der Waals surface area contributed by atoms with Crippen molar-refractivity contribution in [2.24, 2.45) is 5.92 Å². The Bertz CT molecular complexity index is 421. The summed E-state index contributed by atoms with van der Waals surface area (Å²) in [5.74, 6) is 0.560. The molecule has 0 fully saturated rings. The van der Waals surface area contributed by atoms with Crippen molar-refractivity contribution in [3.8, 4) is 5.75 Å². The first-order chi connectivity index (χ1) is 8.49. The van der Waals surface area contributed by atoms with Gasteiger partial charge in [0, 0.05) is 4.47 Å². The number of aliphatic hydroxyl groups excluding tert-OH is 1. The fourth-order valence-corrected chi connectivity index (χ4v) is 1.90. The number of hydrogen-bond acceptors (Lipinski definition) is 3. The summed E-state index contributed by atoms with van der Waals surface area (Å²) in [5, 5.41) is 12.0. The number of ether oxygens (including phenoxy) is 1. The van der Waals surface area contributed by atoms with E-state index in [9.17, 15) is 9.90 Å². The second-order valence-electron chi connectivity index (χ2n) is 4.35. The molecule has 1 atom stereocenters. The van der Waals surface area contributed by atoms with Crippen molar-refractivity contribution >= 4 is 21.8 Å². The Morgan fingerprint density at radius 2 is 2.17 bits per heavy atom. The molecule has 1 aromatic rings. The summed E-state index contributed by atoms with van der Waals surface area (Å²) in [6.07, 6.45) is 0. The third-order valence-corrected chi connectivity index (χ3v) is 3.43. The van der Waals surface area contributed by atoms with Crippen LogP contribution in [0.25, 0.3) is 0 Å². The first-order valence-electron chi connectivity index (χ1n) is 5.74. The lowest BCUT2D eigenvalue weighted by Gasteiger charge is -2.20. The molecule has 1 rings (SSSR count). The standard InChI is InChI=1S/C13H18BrNO3/c1-8(2)12(7-16)15-13(17)10-6-9(18-3)4-5-11(10)14/h4-6,8,12,16H,7H2,1-3H3,(H,15,17)/t12-/m1/s1. The van der Waals surface area contributed by atoms with Gasteiger partial charge in [-0.15, -0.1) is 0 Å². The lowest BCUT2D eigenvalue weighted by atomic mass is 10.0. The molecular weight excluding hydrogens is 298 g/mol. The first kappa shape index (κ1) is 15.0. The van der Waals surface area contributed by atoms with Gasteiger partial charge < -0.3 is 15.2 Å². The monoisotopic (exact) mass is 315 g/mol. The third-order valence-electron chi connectivity index (χ3n) is 2.74. The van der Waals surface area contributed by atoms with E-state index in [2.05, 4.69) is 21.2 Å². The second kappa shape index (κ2) is 6.75. The molecule has 100 valence electrons. The van der Waals surface area contributed by atoms with E-state index >= 15 is 0 Å². The van der Waals surface area contributed by atoms with Crippen LogP contribution in [0.1, 0.15) is 24.2 Å². The quantitative estimate of drug-likeness (QED) is 0.875.